The standard InChI is InChI=1S/C12H11NO3/c14-11-8-4-5-12(11,7-8)9-2-1-3-10(6-9)13(15)16/h1-3,6,8H,4-5,7H2. The van der Waals surface area contributed by atoms with Crippen LogP contribution in [0, 0.1) is 16.0 Å². The Hall–Kier alpha value is -1.71. The van der Waals surface area contributed by atoms with Crippen LogP contribution in [0.4, 0.5) is 5.69 Å². The summed E-state index contributed by atoms with van der Waals surface area (Å²) in [6, 6.07) is 6.53. The van der Waals surface area contributed by atoms with E-state index in [0.29, 0.717) is 0 Å². The van der Waals surface area contributed by atoms with Crippen molar-refractivity contribution in [2.24, 2.45) is 5.92 Å². The van der Waals surface area contributed by atoms with Gasteiger partial charge in [-0.25, -0.2) is 0 Å². The minimum atomic E-state index is -0.407. The summed E-state index contributed by atoms with van der Waals surface area (Å²) in [6.07, 6.45) is 2.69. The number of carbonyl (C=O) groups excluding carboxylic acids is 1. The Morgan fingerprint density at radius 1 is 1.44 bits per heavy atom. The molecule has 1 aromatic carbocycles. The summed E-state index contributed by atoms with van der Waals surface area (Å²) in [6.45, 7) is 0. The molecule has 0 spiro atoms. The lowest BCUT2D eigenvalue weighted by Gasteiger charge is -2.36. The van der Waals surface area contributed by atoms with Crippen LogP contribution in [0.15, 0.2) is 24.3 Å². The third-order valence-corrected chi connectivity index (χ3v) is 3.97. The van der Waals surface area contributed by atoms with Crippen LogP contribution in [0.3, 0.4) is 0 Å². The Morgan fingerprint density at radius 3 is 2.81 bits per heavy atom. The highest BCUT2D eigenvalue weighted by molar-refractivity contribution is 6.00. The first-order valence-electron chi connectivity index (χ1n) is 5.43. The van der Waals surface area contributed by atoms with Crippen molar-refractivity contribution in [3.05, 3.63) is 39.9 Å². The van der Waals surface area contributed by atoms with Crippen LogP contribution < -0.4 is 0 Å². The van der Waals surface area contributed by atoms with Crippen molar-refractivity contribution in [2.75, 3.05) is 0 Å². The maximum Gasteiger partial charge on any atom is 0.269 e. The maximum absolute atomic E-state index is 11.9. The van der Waals surface area contributed by atoms with E-state index in [2.05, 4.69) is 0 Å². The number of benzene rings is 1. The van der Waals surface area contributed by atoms with E-state index < -0.39 is 4.92 Å². The van der Waals surface area contributed by atoms with E-state index in [9.17, 15) is 14.9 Å². The molecule has 0 radical (unpaired) electrons. The molecular formula is C12H11NO3. The van der Waals surface area contributed by atoms with E-state index in [0.717, 1.165) is 24.8 Å². The molecule has 82 valence electrons. The molecule has 0 aliphatic heterocycles. The van der Waals surface area contributed by atoms with Gasteiger partial charge in [0.1, 0.15) is 5.78 Å². The van der Waals surface area contributed by atoms with Crippen molar-refractivity contribution in [3.8, 4) is 0 Å². The van der Waals surface area contributed by atoms with Gasteiger partial charge in [-0.15, -0.1) is 0 Å². The average molecular weight is 217 g/mol. The second-order valence-corrected chi connectivity index (χ2v) is 4.69. The van der Waals surface area contributed by atoms with E-state index >= 15 is 0 Å². The highest BCUT2D eigenvalue weighted by Gasteiger charge is 2.59. The van der Waals surface area contributed by atoms with Gasteiger partial charge in [0.2, 0.25) is 0 Å². The normalized spacial score (nSPS) is 31.2. The van der Waals surface area contributed by atoms with Crippen LogP contribution in [-0.4, -0.2) is 10.7 Å². The minimum absolute atomic E-state index is 0.0787. The summed E-state index contributed by atoms with van der Waals surface area (Å²) in [7, 11) is 0. The molecule has 1 aromatic rings. The molecule has 4 heteroatoms. The topological polar surface area (TPSA) is 60.2 Å². The van der Waals surface area contributed by atoms with Crippen molar-refractivity contribution in [1.82, 2.24) is 0 Å². The van der Waals surface area contributed by atoms with Crippen LogP contribution in [0.2, 0.25) is 0 Å². The number of nitrogens with zero attached hydrogens (tertiary/aromatic N) is 1. The number of ketones is 1. The zero-order chi connectivity index (χ0) is 11.3. The lowest BCUT2D eigenvalue weighted by atomic mass is 9.64. The molecule has 0 amide bonds. The molecule has 0 N–H and O–H groups in total. The zero-order valence-corrected chi connectivity index (χ0v) is 8.68. The van der Waals surface area contributed by atoms with Gasteiger partial charge in [0.05, 0.1) is 10.3 Å². The lowest BCUT2D eigenvalue weighted by molar-refractivity contribution is -0.385. The van der Waals surface area contributed by atoms with E-state index in [1.54, 1.807) is 12.1 Å². The maximum atomic E-state index is 11.9. The van der Waals surface area contributed by atoms with Gasteiger partial charge in [0.25, 0.3) is 5.69 Å². The largest absolute Gasteiger partial charge is 0.298 e. The third kappa shape index (κ3) is 1.01. The number of hydrogen-bond donors (Lipinski definition) is 0. The second-order valence-electron chi connectivity index (χ2n) is 4.69. The van der Waals surface area contributed by atoms with Gasteiger partial charge in [-0.2, -0.15) is 0 Å². The first-order chi connectivity index (χ1) is 7.63. The summed E-state index contributed by atoms with van der Waals surface area (Å²) in [4.78, 5) is 22.1. The number of nitro benzene ring substituents is 1. The highest BCUT2D eigenvalue weighted by Crippen LogP contribution is 2.56. The second kappa shape index (κ2) is 2.90. The van der Waals surface area contributed by atoms with Crippen LogP contribution in [-0.2, 0) is 10.2 Å². The first-order valence-corrected chi connectivity index (χ1v) is 5.43. The molecule has 2 unspecified atom stereocenters. The lowest BCUT2D eigenvalue weighted by Crippen LogP contribution is -2.44. The number of fused-ring (bicyclic) bond motifs is 1. The van der Waals surface area contributed by atoms with Gasteiger partial charge in [0.15, 0.2) is 0 Å². The first kappa shape index (κ1) is 9.51. The fourth-order valence-corrected chi connectivity index (χ4v) is 3.07. The van der Waals surface area contributed by atoms with E-state index in [1.165, 1.54) is 6.07 Å². The van der Waals surface area contributed by atoms with E-state index in [1.807, 2.05) is 6.07 Å². The zero-order valence-electron chi connectivity index (χ0n) is 8.68. The van der Waals surface area contributed by atoms with Gasteiger partial charge in [-0.1, -0.05) is 12.1 Å². The number of hydrogen-bond acceptors (Lipinski definition) is 3. The molecular weight excluding hydrogens is 206 g/mol. The number of non-ortho nitro benzene ring substituents is 1. The van der Waals surface area contributed by atoms with Crippen molar-refractivity contribution < 1.29 is 9.72 Å². The summed E-state index contributed by atoms with van der Waals surface area (Å²) in [5, 5.41) is 10.7. The summed E-state index contributed by atoms with van der Waals surface area (Å²) in [5.41, 5.74) is 0.534. The molecule has 3 fully saturated rings. The Labute approximate surface area is 92.4 Å². The van der Waals surface area contributed by atoms with Crippen molar-refractivity contribution in [2.45, 2.75) is 24.7 Å². The number of rotatable bonds is 2. The monoisotopic (exact) mass is 217 g/mol. The molecule has 0 aromatic heterocycles. The fraction of sp³-hybridized carbons (Fsp3) is 0.417. The van der Waals surface area contributed by atoms with Crippen molar-refractivity contribution in [3.63, 3.8) is 0 Å². The predicted molar refractivity (Wildman–Crippen MR) is 57.1 cm³/mol. The van der Waals surface area contributed by atoms with Gasteiger partial charge in [-0.05, 0) is 24.8 Å². The predicted octanol–water partition coefficient (Wildman–Crippen LogP) is 2.22. The summed E-state index contributed by atoms with van der Waals surface area (Å²) >= 11 is 0. The Balaban J connectivity index is 2.04. The molecule has 3 aliphatic carbocycles. The number of carbonyl (C=O) groups is 1. The van der Waals surface area contributed by atoms with Crippen LogP contribution in [0.25, 0.3) is 0 Å². The minimum Gasteiger partial charge on any atom is -0.298 e. The SMILES string of the molecule is O=C1C2CCC1(c1cccc([N+](=O)[O-])c1)C2. The number of nitro groups is 1. The molecule has 0 heterocycles. The molecule has 16 heavy (non-hydrogen) atoms. The van der Waals surface area contributed by atoms with E-state index in [4.69, 9.17) is 0 Å². The van der Waals surface area contributed by atoms with E-state index in [-0.39, 0.29) is 22.8 Å². The van der Waals surface area contributed by atoms with Gasteiger partial charge in [0, 0.05) is 18.1 Å². The van der Waals surface area contributed by atoms with Crippen molar-refractivity contribution >= 4 is 11.5 Å². The fourth-order valence-electron chi connectivity index (χ4n) is 3.07. The average Bonchev–Trinajstić information content (AvgIpc) is 2.87. The summed E-state index contributed by atoms with van der Waals surface area (Å²) in [5.74, 6) is 0.507. The molecule has 4 rings (SSSR count). The number of Topliss-reactive ketones (excluding diaryl/α,β-unsaturated/α-hetero) is 1. The quantitative estimate of drug-likeness (QED) is 0.563. The molecule has 2 bridgehead atoms. The Bertz CT molecular complexity index is 493. The van der Waals surface area contributed by atoms with Gasteiger partial charge >= 0.3 is 0 Å². The highest BCUT2D eigenvalue weighted by atomic mass is 16.6. The van der Waals surface area contributed by atoms with Crippen LogP contribution in [0.5, 0.6) is 0 Å². The molecule has 4 nitrogen and oxygen atoms in total. The molecule has 2 atom stereocenters. The molecule has 0 saturated heterocycles. The molecule has 3 saturated carbocycles. The van der Waals surface area contributed by atoms with Crippen molar-refractivity contribution in [1.29, 1.82) is 0 Å². The summed E-state index contributed by atoms with van der Waals surface area (Å²) < 4.78 is 0. The van der Waals surface area contributed by atoms with Crippen LogP contribution >= 0.6 is 0 Å². The van der Waals surface area contributed by atoms with Gasteiger partial charge in [-0.3, -0.25) is 14.9 Å². The third-order valence-electron chi connectivity index (χ3n) is 3.97. The Kier molecular flexibility index (Phi) is 1.73. The van der Waals surface area contributed by atoms with Gasteiger partial charge < -0.3 is 0 Å². The Morgan fingerprint density at radius 2 is 2.25 bits per heavy atom. The van der Waals surface area contributed by atoms with Crippen LogP contribution in [0.1, 0.15) is 24.8 Å². The molecule has 3 aliphatic rings. The smallest absolute Gasteiger partial charge is 0.269 e.